The minimum Gasteiger partial charge on any atom is -0.459 e. The first kappa shape index (κ1) is 14.0. The van der Waals surface area contributed by atoms with Gasteiger partial charge in [0.15, 0.2) is 11.7 Å². The number of aliphatic imine (C=N–C) groups is 1. The average molecular weight is 290 g/mol. The van der Waals surface area contributed by atoms with Gasteiger partial charge in [0.05, 0.1) is 6.26 Å². The van der Waals surface area contributed by atoms with Gasteiger partial charge in [0.1, 0.15) is 0 Å². The summed E-state index contributed by atoms with van der Waals surface area (Å²) in [5, 5.41) is 3.43. The lowest BCUT2D eigenvalue weighted by Gasteiger charge is -2.36. The standard InChI is InChI=1S/C15H22N4O2/c1-16-15(17-11-12-4-5-12)19-8-6-18(7-9-19)14(20)13-3-2-10-21-13/h2-3,10,12H,4-9,11H2,1H3,(H,16,17). The highest BCUT2D eigenvalue weighted by atomic mass is 16.3. The summed E-state index contributed by atoms with van der Waals surface area (Å²) in [4.78, 5) is 20.6. The van der Waals surface area contributed by atoms with Crippen LogP contribution >= 0.6 is 0 Å². The van der Waals surface area contributed by atoms with Gasteiger partial charge in [-0.3, -0.25) is 9.79 Å². The van der Waals surface area contributed by atoms with E-state index in [4.69, 9.17) is 4.42 Å². The SMILES string of the molecule is CN=C(NCC1CC1)N1CCN(C(=O)c2ccco2)CC1. The first-order chi connectivity index (χ1) is 10.3. The van der Waals surface area contributed by atoms with Crippen molar-refractivity contribution in [2.45, 2.75) is 12.8 Å². The van der Waals surface area contributed by atoms with Gasteiger partial charge in [-0.2, -0.15) is 0 Å². The third-order valence-corrected chi connectivity index (χ3v) is 4.06. The molecule has 1 aliphatic carbocycles. The van der Waals surface area contributed by atoms with Crippen LogP contribution in [0.2, 0.25) is 0 Å². The van der Waals surface area contributed by atoms with Crippen LogP contribution in [0.15, 0.2) is 27.8 Å². The second-order valence-corrected chi connectivity index (χ2v) is 5.63. The summed E-state index contributed by atoms with van der Waals surface area (Å²) in [5.41, 5.74) is 0. The van der Waals surface area contributed by atoms with Crippen LogP contribution < -0.4 is 5.32 Å². The number of hydrogen-bond donors (Lipinski definition) is 1. The number of hydrogen-bond acceptors (Lipinski definition) is 3. The van der Waals surface area contributed by atoms with Crippen LogP contribution in [0, 0.1) is 5.92 Å². The molecule has 2 aliphatic rings. The topological polar surface area (TPSA) is 61.1 Å². The van der Waals surface area contributed by atoms with E-state index in [9.17, 15) is 4.79 Å². The van der Waals surface area contributed by atoms with Crippen molar-refractivity contribution in [1.82, 2.24) is 15.1 Å². The molecular weight excluding hydrogens is 268 g/mol. The largest absolute Gasteiger partial charge is 0.459 e. The number of carbonyl (C=O) groups is 1. The molecule has 0 unspecified atom stereocenters. The van der Waals surface area contributed by atoms with E-state index in [1.807, 2.05) is 11.9 Å². The molecule has 1 aromatic rings. The van der Waals surface area contributed by atoms with Crippen molar-refractivity contribution in [2.75, 3.05) is 39.8 Å². The number of furan rings is 1. The monoisotopic (exact) mass is 290 g/mol. The normalized spacial score (nSPS) is 19.8. The molecule has 3 rings (SSSR count). The van der Waals surface area contributed by atoms with Crippen molar-refractivity contribution in [1.29, 1.82) is 0 Å². The van der Waals surface area contributed by atoms with E-state index < -0.39 is 0 Å². The van der Waals surface area contributed by atoms with Gasteiger partial charge in [0, 0.05) is 39.8 Å². The van der Waals surface area contributed by atoms with Crippen LogP contribution in [-0.2, 0) is 0 Å². The summed E-state index contributed by atoms with van der Waals surface area (Å²) in [7, 11) is 1.82. The van der Waals surface area contributed by atoms with Crippen LogP contribution in [0.5, 0.6) is 0 Å². The van der Waals surface area contributed by atoms with E-state index in [-0.39, 0.29) is 5.91 Å². The van der Waals surface area contributed by atoms with Crippen LogP contribution in [0.1, 0.15) is 23.4 Å². The Labute approximate surface area is 124 Å². The third kappa shape index (κ3) is 3.37. The smallest absolute Gasteiger partial charge is 0.289 e. The molecule has 0 aromatic carbocycles. The van der Waals surface area contributed by atoms with Crippen molar-refractivity contribution >= 4 is 11.9 Å². The van der Waals surface area contributed by atoms with Crippen LogP contribution in [-0.4, -0.2) is 61.4 Å². The Morgan fingerprint density at radius 3 is 2.62 bits per heavy atom. The fraction of sp³-hybridized carbons (Fsp3) is 0.600. The van der Waals surface area contributed by atoms with Crippen LogP contribution in [0.25, 0.3) is 0 Å². The van der Waals surface area contributed by atoms with E-state index in [2.05, 4.69) is 15.2 Å². The molecule has 2 heterocycles. The third-order valence-electron chi connectivity index (χ3n) is 4.06. The summed E-state index contributed by atoms with van der Waals surface area (Å²) < 4.78 is 5.17. The molecule has 0 radical (unpaired) electrons. The molecule has 1 N–H and O–H groups in total. The van der Waals surface area contributed by atoms with E-state index in [0.29, 0.717) is 18.8 Å². The molecule has 0 atom stereocenters. The highest BCUT2D eigenvalue weighted by Gasteiger charge is 2.26. The molecule has 1 aliphatic heterocycles. The van der Waals surface area contributed by atoms with E-state index in [0.717, 1.165) is 31.5 Å². The number of guanidine groups is 1. The number of nitrogens with zero attached hydrogens (tertiary/aromatic N) is 3. The van der Waals surface area contributed by atoms with Crippen molar-refractivity contribution < 1.29 is 9.21 Å². The minimum absolute atomic E-state index is 0.0272. The first-order valence-electron chi connectivity index (χ1n) is 7.56. The highest BCUT2D eigenvalue weighted by molar-refractivity contribution is 5.91. The maximum Gasteiger partial charge on any atom is 0.289 e. The molecular formula is C15H22N4O2. The number of piperazine rings is 1. The summed E-state index contributed by atoms with van der Waals surface area (Å²) in [6, 6.07) is 3.46. The minimum atomic E-state index is -0.0272. The molecule has 6 nitrogen and oxygen atoms in total. The Kier molecular flexibility index (Phi) is 4.13. The van der Waals surface area contributed by atoms with Crippen molar-refractivity contribution in [3.8, 4) is 0 Å². The Morgan fingerprint density at radius 1 is 1.33 bits per heavy atom. The maximum absolute atomic E-state index is 12.2. The van der Waals surface area contributed by atoms with E-state index in [1.54, 1.807) is 12.1 Å². The molecule has 2 fully saturated rings. The van der Waals surface area contributed by atoms with E-state index >= 15 is 0 Å². The van der Waals surface area contributed by atoms with Crippen molar-refractivity contribution in [3.63, 3.8) is 0 Å². The van der Waals surface area contributed by atoms with Crippen molar-refractivity contribution in [2.24, 2.45) is 10.9 Å². The van der Waals surface area contributed by atoms with Gasteiger partial charge in [-0.25, -0.2) is 0 Å². The molecule has 1 aromatic heterocycles. The van der Waals surface area contributed by atoms with Gasteiger partial charge < -0.3 is 19.5 Å². The zero-order valence-electron chi connectivity index (χ0n) is 12.4. The molecule has 1 amide bonds. The highest BCUT2D eigenvalue weighted by Crippen LogP contribution is 2.27. The summed E-state index contributed by atoms with van der Waals surface area (Å²) in [6.07, 6.45) is 4.19. The molecule has 0 bridgehead atoms. The molecule has 6 heteroatoms. The summed E-state index contributed by atoms with van der Waals surface area (Å²) >= 11 is 0. The summed E-state index contributed by atoms with van der Waals surface area (Å²) in [6.45, 7) is 4.01. The quantitative estimate of drug-likeness (QED) is 0.667. The van der Waals surface area contributed by atoms with Crippen LogP contribution in [0.3, 0.4) is 0 Å². The van der Waals surface area contributed by atoms with Gasteiger partial charge in [-0.05, 0) is 30.9 Å². The Bertz CT molecular complexity index is 500. The predicted molar refractivity (Wildman–Crippen MR) is 80.3 cm³/mol. The zero-order valence-corrected chi connectivity index (χ0v) is 12.4. The Morgan fingerprint density at radius 2 is 2.05 bits per heavy atom. The van der Waals surface area contributed by atoms with Crippen molar-refractivity contribution in [3.05, 3.63) is 24.2 Å². The second-order valence-electron chi connectivity index (χ2n) is 5.63. The molecule has 114 valence electrons. The zero-order chi connectivity index (χ0) is 14.7. The van der Waals surface area contributed by atoms with Crippen LogP contribution in [0.4, 0.5) is 0 Å². The molecule has 1 saturated heterocycles. The number of nitrogens with one attached hydrogen (secondary N) is 1. The lowest BCUT2D eigenvalue weighted by molar-refractivity contribution is 0.0657. The fourth-order valence-corrected chi connectivity index (χ4v) is 2.57. The Hall–Kier alpha value is -1.98. The lowest BCUT2D eigenvalue weighted by atomic mass is 10.3. The average Bonchev–Trinajstić information content (AvgIpc) is 3.19. The molecule has 1 saturated carbocycles. The van der Waals surface area contributed by atoms with Gasteiger partial charge >= 0.3 is 0 Å². The molecule has 21 heavy (non-hydrogen) atoms. The number of rotatable bonds is 3. The van der Waals surface area contributed by atoms with E-state index in [1.165, 1.54) is 19.1 Å². The summed E-state index contributed by atoms with van der Waals surface area (Å²) in [5.74, 6) is 2.16. The maximum atomic E-state index is 12.2. The first-order valence-corrected chi connectivity index (χ1v) is 7.56. The molecule has 0 spiro atoms. The number of carbonyl (C=O) groups excluding carboxylic acids is 1. The fourth-order valence-electron chi connectivity index (χ4n) is 2.57. The lowest BCUT2D eigenvalue weighted by Crippen LogP contribution is -2.54. The predicted octanol–water partition coefficient (Wildman–Crippen LogP) is 1.02. The van der Waals surface area contributed by atoms with Gasteiger partial charge in [-0.1, -0.05) is 0 Å². The van der Waals surface area contributed by atoms with Gasteiger partial charge in [0.2, 0.25) is 0 Å². The number of amides is 1. The van der Waals surface area contributed by atoms with Gasteiger partial charge in [-0.15, -0.1) is 0 Å². The second kappa shape index (κ2) is 6.20. The van der Waals surface area contributed by atoms with Gasteiger partial charge in [0.25, 0.3) is 5.91 Å². The Balaban J connectivity index is 1.50.